The number of nitrogens with one attached hydrogen (secondary N) is 1. The number of benzene rings is 2. The van der Waals surface area contributed by atoms with Gasteiger partial charge >= 0.3 is 0 Å². The molecule has 0 aromatic heterocycles. The van der Waals surface area contributed by atoms with E-state index >= 15 is 0 Å². The normalized spacial score (nSPS) is 10.3. The Bertz CT molecular complexity index is 652. The van der Waals surface area contributed by atoms with E-state index in [-0.39, 0.29) is 5.82 Å². The van der Waals surface area contributed by atoms with Crippen LogP contribution in [0.3, 0.4) is 0 Å². The van der Waals surface area contributed by atoms with Gasteiger partial charge < -0.3 is 14.8 Å². The minimum atomic E-state index is -0.281. The van der Waals surface area contributed by atoms with Gasteiger partial charge in [-0.3, -0.25) is 0 Å². The van der Waals surface area contributed by atoms with E-state index in [0.29, 0.717) is 27.5 Å². The summed E-state index contributed by atoms with van der Waals surface area (Å²) in [6, 6.07) is 8.01. The zero-order chi connectivity index (χ0) is 15.4. The van der Waals surface area contributed by atoms with Crippen molar-refractivity contribution in [2.45, 2.75) is 6.54 Å². The first-order valence-electron chi connectivity index (χ1n) is 6.14. The summed E-state index contributed by atoms with van der Waals surface area (Å²) in [7, 11) is 3.12. The Balaban J connectivity index is 2.22. The minimum Gasteiger partial charge on any atom is -0.495 e. The van der Waals surface area contributed by atoms with Gasteiger partial charge in [0.2, 0.25) is 0 Å². The van der Waals surface area contributed by atoms with Crippen LogP contribution >= 0.6 is 27.5 Å². The second-order valence-electron chi connectivity index (χ2n) is 4.28. The Labute approximate surface area is 136 Å². The van der Waals surface area contributed by atoms with Gasteiger partial charge in [0, 0.05) is 23.2 Å². The molecule has 2 aromatic carbocycles. The highest BCUT2D eigenvalue weighted by atomic mass is 79.9. The summed E-state index contributed by atoms with van der Waals surface area (Å²) >= 11 is 9.40. The number of hydrogen-bond acceptors (Lipinski definition) is 3. The highest BCUT2D eigenvalue weighted by molar-refractivity contribution is 9.10. The highest BCUT2D eigenvalue weighted by Crippen LogP contribution is 2.36. The fourth-order valence-corrected chi connectivity index (χ4v) is 2.58. The SMILES string of the molecule is COc1cc(NCc2ccc(F)cc2Br)c(OC)cc1Cl. The van der Waals surface area contributed by atoms with Crippen LogP contribution < -0.4 is 14.8 Å². The second kappa shape index (κ2) is 7.00. The first-order chi connectivity index (χ1) is 10.0. The molecule has 2 aromatic rings. The molecule has 0 bridgehead atoms. The molecule has 0 saturated heterocycles. The molecule has 6 heteroatoms. The molecule has 1 N–H and O–H groups in total. The number of halogens is 3. The largest absolute Gasteiger partial charge is 0.495 e. The Morgan fingerprint density at radius 2 is 1.86 bits per heavy atom. The summed E-state index contributed by atoms with van der Waals surface area (Å²) in [5.41, 5.74) is 1.67. The lowest BCUT2D eigenvalue weighted by Gasteiger charge is -2.14. The first kappa shape index (κ1) is 15.9. The van der Waals surface area contributed by atoms with E-state index in [1.165, 1.54) is 12.1 Å². The molecule has 2 rings (SSSR count). The smallest absolute Gasteiger partial charge is 0.143 e. The average molecular weight is 375 g/mol. The van der Waals surface area contributed by atoms with Crippen LogP contribution in [0.15, 0.2) is 34.8 Å². The van der Waals surface area contributed by atoms with Gasteiger partial charge in [-0.1, -0.05) is 33.6 Å². The zero-order valence-corrected chi connectivity index (χ0v) is 13.9. The third-order valence-corrected chi connectivity index (χ3v) is 3.99. The van der Waals surface area contributed by atoms with Gasteiger partial charge in [0.15, 0.2) is 0 Å². The van der Waals surface area contributed by atoms with E-state index in [2.05, 4.69) is 21.2 Å². The number of ether oxygens (including phenoxy) is 2. The van der Waals surface area contributed by atoms with E-state index in [9.17, 15) is 4.39 Å². The van der Waals surface area contributed by atoms with Crippen LogP contribution in [0.2, 0.25) is 5.02 Å². The van der Waals surface area contributed by atoms with Gasteiger partial charge in [-0.05, 0) is 17.7 Å². The molecule has 0 amide bonds. The third-order valence-electron chi connectivity index (χ3n) is 2.96. The molecule has 21 heavy (non-hydrogen) atoms. The van der Waals surface area contributed by atoms with Crippen molar-refractivity contribution < 1.29 is 13.9 Å². The Morgan fingerprint density at radius 3 is 2.48 bits per heavy atom. The number of rotatable bonds is 5. The minimum absolute atomic E-state index is 0.281. The van der Waals surface area contributed by atoms with Crippen LogP contribution in [0.4, 0.5) is 10.1 Å². The maximum Gasteiger partial charge on any atom is 0.143 e. The fraction of sp³-hybridized carbons (Fsp3) is 0.200. The van der Waals surface area contributed by atoms with Gasteiger partial charge in [0.25, 0.3) is 0 Å². The van der Waals surface area contributed by atoms with E-state index < -0.39 is 0 Å². The summed E-state index contributed by atoms with van der Waals surface area (Å²) < 4.78 is 24.3. The van der Waals surface area contributed by atoms with Crippen molar-refractivity contribution in [3.05, 3.63) is 51.2 Å². The first-order valence-corrected chi connectivity index (χ1v) is 7.31. The van der Waals surface area contributed by atoms with Gasteiger partial charge in [-0.2, -0.15) is 0 Å². The molecule has 112 valence electrons. The summed E-state index contributed by atoms with van der Waals surface area (Å²) in [5, 5.41) is 3.70. The number of methoxy groups -OCH3 is 2. The van der Waals surface area contributed by atoms with Crippen molar-refractivity contribution in [2.24, 2.45) is 0 Å². The van der Waals surface area contributed by atoms with Crippen LogP contribution in [0.1, 0.15) is 5.56 Å². The highest BCUT2D eigenvalue weighted by Gasteiger charge is 2.10. The molecule has 0 aliphatic rings. The zero-order valence-electron chi connectivity index (χ0n) is 11.5. The molecule has 0 fully saturated rings. The van der Waals surface area contributed by atoms with Crippen molar-refractivity contribution in [3.8, 4) is 11.5 Å². The molecule has 0 spiro atoms. The molecule has 0 aliphatic heterocycles. The van der Waals surface area contributed by atoms with E-state index in [1.54, 1.807) is 32.4 Å². The van der Waals surface area contributed by atoms with Crippen LogP contribution in [0.25, 0.3) is 0 Å². The number of anilines is 1. The second-order valence-corrected chi connectivity index (χ2v) is 5.54. The van der Waals surface area contributed by atoms with Gasteiger partial charge in [0.05, 0.1) is 24.9 Å². The standard InChI is InChI=1S/C15H14BrClFNO2/c1-20-14-7-13(15(21-2)6-12(14)17)19-8-9-3-4-10(18)5-11(9)16/h3-7,19H,8H2,1-2H3. The Kier molecular flexibility index (Phi) is 5.31. The molecular weight excluding hydrogens is 361 g/mol. The average Bonchev–Trinajstić information content (AvgIpc) is 2.47. The Hall–Kier alpha value is -1.46. The van der Waals surface area contributed by atoms with Gasteiger partial charge in [-0.15, -0.1) is 0 Å². The fourth-order valence-electron chi connectivity index (χ4n) is 1.85. The maximum atomic E-state index is 13.1. The summed E-state index contributed by atoms with van der Waals surface area (Å²) in [5.74, 6) is 0.883. The quantitative estimate of drug-likeness (QED) is 0.810. The van der Waals surface area contributed by atoms with Crippen molar-refractivity contribution >= 4 is 33.2 Å². The van der Waals surface area contributed by atoms with Crippen LogP contribution in [0, 0.1) is 5.82 Å². The number of hydrogen-bond donors (Lipinski definition) is 1. The van der Waals surface area contributed by atoms with Crippen molar-refractivity contribution in [1.82, 2.24) is 0 Å². The van der Waals surface area contributed by atoms with Gasteiger partial charge in [0.1, 0.15) is 17.3 Å². The lowest BCUT2D eigenvalue weighted by atomic mass is 10.2. The summed E-state index contributed by atoms with van der Waals surface area (Å²) in [6.45, 7) is 0.502. The molecular formula is C15H14BrClFNO2. The lowest BCUT2D eigenvalue weighted by Crippen LogP contribution is -2.03. The molecule has 0 unspecified atom stereocenters. The van der Waals surface area contributed by atoms with Crippen molar-refractivity contribution in [3.63, 3.8) is 0 Å². The van der Waals surface area contributed by atoms with Crippen molar-refractivity contribution in [2.75, 3.05) is 19.5 Å². The summed E-state index contributed by atoms with van der Waals surface area (Å²) in [4.78, 5) is 0. The molecule has 0 radical (unpaired) electrons. The van der Waals surface area contributed by atoms with Crippen LogP contribution in [-0.4, -0.2) is 14.2 Å². The van der Waals surface area contributed by atoms with E-state index in [1.807, 2.05) is 0 Å². The van der Waals surface area contributed by atoms with Crippen molar-refractivity contribution in [1.29, 1.82) is 0 Å². The maximum absolute atomic E-state index is 13.1. The molecule has 0 saturated carbocycles. The molecule has 0 heterocycles. The predicted molar refractivity (Wildman–Crippen MR) is 86.0 cm³/mol. The predicted octanol–water partition coefficient (Wildman–Crippen LogP) is 4.87. The lowest BCUT2D eigenvalue weighted by molar-refractivity contribution is 0.404. The Morgan fingerprint density at radius 1 is 1.14 bits per heavy atom. The van der Waals surface area contributed by atoms with Crippen LogP contribution in [0.5, 0.6) is 11.5 Å². The molecule has 3 nitrogen and oxygen atoms in total. The third kappa shape index (κ3) is 3.80. The van der Waals surface area contributed by atoms with Gasteiger partial charge in [-0.25, -0.2) is 4.39 Å². The monoisotopic (exact) mass is 373 g/mol. The topological polar surface area (TPSA) is 30.5 Å². The van der Waals surface area contributed by atoms with E-state index in [0.717, 1.165) is 11.3 Å². The van der Waals surface area contributed by atoms with Crippen LogP contribution in [-0.2, 0) is 6.54 Å². The molecule has 0 aliphatic carbocycles. The molecule has 0 atom stereocenters. The summed E-state index contributed by atoms with van der Waals surface area (Å²) in [6.07, 6.45) is 0. The van der Waals surface area contributed by atoms with E-state index in [4.69, 9.17) is 21.1 Å².